The summed E-state index contributed by atoms with van der Waals surface area (Å²) in [5.41, 5.74) is 0.428. The highest BCUT2D eigenvalue weighted by Gasteiger charge is 2.52. The summed E-state index contributed by atoms with van der Waals surface area (Å²) < 4.78 is 4.76. The van der Waals surface area contributed by atoms with E-state index in [1.807, 2.05) is 36.6 Å². The van der Waals surface area contributed by atoms with Gasteiger partial charge in [-0.25, -0.2) is 0 Å². The lowest BCUT2D eigenvalue weighted by molar-refractivity contribution is -0.141. The monoisotopic (exact) mass is 469 g/mol. The molecule has 2 atom stereocenters. The molecule has 3 heterocycles. The molecule has 8 nitrogen and oxygen atoms in total. The minimum atomic E-state index is -0.733. The Balaban J connectivity index is 1.42. The number of anilines is 1. The van der Waals surface area contributed by atoms with Gasteiger partial charge in [-0.2, -0.15) is 0 Å². The van der Waals surface area contributed by atoms with E-state index in [1.165, 1.54) is 18.4 Å². The van der Waals surface area contributed by atoms with Crippen molar-refractivity contribution in [2.24, 2.45) is 0 Å². The number of fused-ring (bicyclic) bond motifs is 3. The van der Waals surface area contributed by atoms with Crippen molar-refractivity contribution in [1.29, 1.82) is 0 Å². The third-order valence-electron chi connectivity index (χ3n) is 6.35. The summed E-state index contributed by atoms with van der Waals surface area (Å²) in [6, 6.07) is 10.5. The molecular formula is C24H27N3O5S. The molecule has 2 unspecified atom stereocenters. The van der Waals surface area contributed by atoms with Crippen LogP contribution in [0, 0.1) is 0 Å². The fraction of sp³-hybridized carbons (Fsp3) is 0.417. The summed E-state index contributed by atoms with van der Waals surface area (Å²) in [5, 5.41) is 4.80. The van der Waals surface area contributed by atoms with E-state index in [-0.39, 0.29) is 30.6 Å². The third kappa shape index (κ3) is 4.37. The Bertz CT molecular complexity index is 1070. The van der Waals surface area contributed by atoms with Crippen LogP contribution in [0.5, 0.6) is 0 Å². The lowest BCUT2D eigenvalue weighted by atomic mass is 9.98. The number of hydrogen-bond acceptors (Lipinski definition) is 6. The van der Waals surface area contributed by atoms with Gasteiger partial charge in [0.1, 0.15) is 5.66 Å². The summed E-state index contributed by atoms with van der Waals surface area (Å²) in [5.74, 6) is -0.722. The number of para-hydroxylation sites is 1. The van der Waals surface area contributed by atoms with E-state index in [2.05, 4.69) is 5.32 Å². The minimum Gasteiger partial charge on any atom is -0.469 e. The highest BCUT2D eigenvalue weighted by atomic mass is 32.1. The van der Waals surface area contributed by atoms with Gasteiger partial charge in [0.2, 0.25) is 11.8 Å². The number of rotatable bonds is 8. The van der Waals surface area contributed by atoms with Gasteiger partial charge in [-0.3, -0.25) is 24.1 Å². The average Bonchev–Trinajstić information content (AvgIpc) is 3.44. The number of nitrogens with zero attached hydrogens (tertiary/aromatic N) is 2. The number of methoxy groups -OCH3 is 1. The predicted molar refractivity (Wildman–Crippen MR) is 124 cm³/mol. The molecule has 33 heavy (non-hydrogen) atoms. The molecule has 1 aromatic carbocycles. The maximum Gasteiger partial charge on any atom is 0.307 e. The Hall–Kier alpha value is -3.20. The highest BCUT2D eigenvalue weighted by Crippen LogP contribution is 2.44. The Morgan fingerprint density at radius 2 is 2.00 bits per heavy atom. The van der Waals surface area contributed by atoms with Gasteiger partial charge in [-0.1, -0.05) is 18.2 Å². The second-order valence-corrected chi connectivity index (χ2v) is 9.42. The zero-order valence-corrected chi connectivity index (χ0v) is 19.5. The van der Waals surface area contributed by atoms with E-state index in [9.17, 15) is 19.2 Å². The van der Waals surface area contributed by atoms with Gasteiger partial charge in [-0.15, -0.1) is 11.3 Å². The minimum absolute atomic E-state index is 0.00166. The molecule has 3 amide bonds. The van der Waals surface area contributed by atoms with Gasteiger partial charge in [0.25, 0.3) is 5.91 Å². The highest BCUT2D eigenvalue weighted by molar-refractivity contribution is 7.10. The first-order chi connectivity index (χ1) is 15.8. The van der Waals surface area contributed by atoms with Crippen LogP contribution in [0.1, 0.15) is 60.3 Å². The Morgan fingerprint density at radius 3 is 2.73 bits per heavy atom. The molecule has 0 bridgehead atoms. The van der Waals surface area contributed by atoms with Crippen molar-refractivity contribution in [1.82, 2.24) is 10.2 Å². The Kier molecular flexibility index (Phi) is 6.51. The van der Waals surface area contributed by atoms with Crippen LogP contribution in [0.3, 0.4) is 0 Å². The number of nitrogens with one attached hydrogen (secondary N) is 1. The Labute approximate surface area is 196 Å². The number of carbonyl (C=O) groups is 4. The van der Waals surface area contributed by atoms with Crippen molar-refractivity contribution < 1.29 is 23.9 Å². The summed E-state index contributed by atoms with van der Waals surface area (Å²) in [6.45, 7) is 2.26. The summed E-state index contributed by atoms with van der Waals surface area (Å²) in [4.78, 5) is 54.7. The molecule has 2 aliphatic heterocycles. The van der Waals surface area contributed by atoms with Gasteiger partial charge >= 0.3 is 5.97 Å². The van der Waals surface area contributed by atoms with Crippen molar-refractivity contribution in [3.63, 3.8) is 0 Å². The molecule has 0 saturated carbocycles. The first kappa shape index (κ1) is 23.0. The maximum atomic E-state index is 13.3. The first-order valence-corrected chi connectivity index (χ1v) is 11.9. The molecule has 1 fully saturated rings. The van der Waals surface area contributed by atoms with E-state index in [0.717, 1.165) is 4.88 Å². The molecule has 0 radical (unpaired) electrons. The standard InChI is InChI=1S/C24H27N3O5S/c1-24-12-11-21(29)27(24)18-8-4-3-7-16(18)23(31)26(24)13-5-10-20(28)25-17(15-22(30)32-2)19-9-6-14-33-19/h3-4,6-9,14,17H,5,10-13,15H2,1-2H3,(H,25,28). The van der Waals surface area contributed by atoms with Gasteiger partial charge in [0.15, 0.2) is 0 Å². The van der Waals surface area contributed by atoms with Crippen LogP contribution in [0.2, 0.25) is 0 Å². The average molecular weight is 470 g/mol. The van der Waals surface area contributed by atoms with Crippen LogP contribution < -0.4 is 10.2 Å². The summed E-state index contributed by atoms with van der Waals surface area (Å²) in [6.07, 6.45) is 1.62. The maximum absolute atomic E-state index is 13.3. The quantitative estimate of drug-likeness (QED) is 0.599. The molecule has 0 aliphatic carbocycles. The molecule has 2 aliphatic rings. The summed E-state index contributed by atoms with van der Waals surface area (Å²) >= 11 is 1.46. The van der Waals surface area contributed by atoms with Crippen molar-refractivity contribution >= 4 is 40.7 Å². The van der Waals surface area contributed by atoms with Gasteiger partial charge < -0.3 is 15.0 Å². The molecule has 4 rings (SSSR count). The van der Waals surface area contributed by atoms with Gasteiger partial charge in [0.05, 0.1) is 30.8 Å². The molecular weight excluding hydrogens is 442 g/mol. The van der Waals surface area contributed by atoms with Crippen LogP contribution in [0.4, 0.5) is 5.69 Å². The van der Waals surface area contributed by atoms with Crippen molar-refractivity contribution in [2.45, 2.75) is 50.7 Å². The number of thiophene rings is 1. The SMILES string of the molecule is COC(=O)CC(NC(=O)CCCN1C(=O)c2ccccc2N2C(=O)CCC12C)c1cccs1. The van der Waals surface area contributed by atoms with Crippen LogP contribution in [0.25, 0.3) is 0 Å². The van der Waals surface area contributed by atoms with E-state index in [4.69, 9.17) is 4.74 Å². The fourth-order valence-electron chi connectivity index (χ4n) is 4.67. The normalized spacial score (nSPS) is 20.3. The predicted octanol–water partition coefficient (Wildman–Crippen LogP) is 3.25. The molecule has 1 saturated heterocycles. The molecule has 1 N–H and O–H groups in total. The number of carbonyl (C=O) groups excluding carboxylic acids is 4. The number of esters is 1. The number of benzene rings is 1. The van der Waals surface area contributed by atoms with Crippen LogP contribution in [0.15, 0.2) is 41.8 Å². The largest absolute Gasteiger partial charge is 0.469 e. The molecule has 9 heteroatoms. The van der Waals surface area contributed by atoms with Gasteiger partial charge in [0, 0.05) is 24.3 Å². The molecule has 2 aromatic rings. The number of ether oxygens (including phenoxy) is 1. The lowest BCUT2D eigenvalue weighted by Crippen LogP contribution is -2.62. The van der Waals surface area contributed by atoms with E-state index < -0.39 is 17.7 Å². The molecule has 0 spiro atoms. The lowest BCUT2D eigenvalue weighted by Gasteiger charge is -2.48. The zero-order valence-electron chi connectivity index (χ0n) is 18.7. The van der Waals surface area contributed by atoms with Crippen LogP contribution in [-0.4, -0.2) is 47.9 Å². The summed E-state index contributed by atoms with van der Waals surface area (Å²) in [7, 11) is 1.32. The third-order valence-corrected chi connectivity index (χ3v) is 7.34. The van der Waals surface area contributed by atoms with Crippen LogP contribution >= 0.6 is 11.3 Å². The van der Waals surface area contributed by atoms with Crippen molar-refractivity contribution in [3.05, 3.63) is 52.2 Å². The van der Waals surface area contributed by atoms with Crippen molar-refractivity contribution in [2.75, 3.05) is 18.6 Å². The second kappa shape index (κ2) is 9.35. The first-order valence-electron chi connectivity index (χ1n) is 11.0. The Morgan fingerprint density at radius 1 is 1.21 bits per heavy atom. The zero-order chi connectivity index (χ0) is 23.6. The van der Waals surface area contributed by atoms with E-state index in [1.54, 1.807) is 21.9 Å². The number of amides is 3. The smallest absolute Gasteiger partial charge is 0.307 e. The van der Waals surface area contributed by atoms with Gasteiger partial charge in [-0.05, 0) is 43.3 Å². The molecule has 1 aromatic heterocycles. The second-order valence-electron chi connectivity index (χ2n) is 8.44. The van der Waals surface area contributed by atoms with Crippen molar-refractivity contribution in [3.8, 4) is 0 Å². The topological polar surface area (TPSA) is 96.0 Å². The number of hydrogen-bond donors (Lipinski definition) is 1. The van der Waals surface area contributed by atoms with Crippen LogP contribution in [-0.2, 0) is 19.1 Å². The molecule has 174 valence electrons. The van der Waals surface area contributed by atoms with E-state index >= 15 is 0 Å². The van der Waals surface area contributed by atoms with E-state index in [0.29, 0.717) is 37.1 Å². The fourth-order valence-corrected chi connectivity index (χ4v) is 5.45.